The van der Waals surface area contributed by atoms with Crippen molar-refractivity contribution in [3.63, 3.8) is 0 Å². The Balaban J connectivity index is 1.99. The second kappa shape index (κ2) is 4.58. The van der Waals surface area contributed by atoms with Crippen LogP contribution in [0.5, 0.6) is 0 Å². The van der Waals surface area contributed by atoms with E-state index in [1.165, 1.54) is 15.8 Å². The summed E-state index contributed by atoms with van der Waals surface area (Å²) in [4.78, 5) is 4.55. The van der Waals surface area contributed by atoms with Gasteiger partial charge in [-0.25, -0.2) is 4.98 Å². The van der Waals surface area contributed by atoms with E-state index in [1.54, 1.807) is 18.4 Å². The molecule has 0 unspecified atom stereocenters. The van der Waals surface area contributed by atoms with Crippen LogP contribution in [0.1, 0.15) is 23.4 Å². The maximum absolute atomic E-state index is 5.25. The number of allylic oxidation sites excluding steroid dienone is 4. The van der Waals surface area contributed by atoms with Gasteiger partial charge in [-0.3, -0.25) is 0 Å². The number of aromatic nitrogens is 1. The number of aryl methyl sites for hydroxylation is 1. The Morgan fingerprint density at radius 3 is 2.83 bits per heavy atom. The van der Waals surface area contributed by atoms with Crippen LogP contribution in [0, 0.1) is 6.92 Å². The molecule has 1 heterocycles. The molecule has 0 fully saturated rings. The van der Waals surface area contributed by atoms with E-state index in [-0.39, 0.29) is 0 Å². The minimum absolute atomic E-state index is 0.983. The zero-order valence-corrected chi connectivity index (χ0v) is 11.4. The molecular weight excluding hydrogens is 242 g/mol. The van der Waals surface area contributed by atoms with Crippen molar-refractivity contribution >= 4 is 27.1 Å². The maximum atomic E-state index is 5.25. The summed E-state index contributed by atoms with van der Waals surface area (Å²) in [5.74, 6) is 1.06. The standard InChI is InChI=1S/C15H15NOS/c1-10-16-14-9-12(5-8-15(14)18-10)11-3-6-13(17-2)7-4-11/h3,5-6,8-9H,4,7H2,1-2H3. The summed E-state index contributed by atoms with van der Waals surface area (Å²) in [6, 6.07) is 6.56. The van der Waals surface area contributed by atoms with Gasteiger partial charge in [0.1, 0.15) is 0 Å². The molecule has 0 atom stereocenters. The third-order valence-electron chi connectivity index (χ3n) is 3.24. The van der Waals surface area contributed by atoms with Gasteiger partial charge < -0.3 is 4.74 Å². The Bertz CT molecular complexity index is 652. The lowest BCUT2D eigenvalue weighted by Crippen LogP contribution is -1.95. The molecule has 0 bridgehead atoms. The van der Waals surface area contributed by atoms with Gasteiger partial charge in [-0.05, 0) is 42.7 Å². The van der Waals surface area contributed by atoms with E-state index in [2.05, 4.69) is 42.3 Å². The highest BCUT2D eigenvalue weighted by Gasteiger charge is 2.10. The lowest BCUT2D eigenvalue weighted by Gasteiger charge is -2.13. The molecule has 0 spiro atoms. The van der Waals surface area contributed by atoms with Gasteiger partial charge in [0.05, 0.1) is 28.1 Å². The van der Waals surface area contributed by atoms with E-state index < -0.39 is 0 Å². The van der Waals surface area contributed by atoms with Gasteiger partial charge in [0.15, 0.2) is 0 Å². The highest BCUT2D eigenvalue weighted by atomic mass is 32.1. The zero-order chi connectivity index (χ0) is 12.5. The molecule has 0 aliphatic heterocycles. The Morgan fingerprint density at radius 1 is 1.22 bits per heavy atom. The fourth-order valence-corrected chi connectivity index (χ4v) is 3.08. The van der Waals surface area contributed by atoms with Gasteiger partial charge in [-0.1, -0.05) is 12.1 Å². The molecule has 3 rings (SSSR count). The van der Waals surface area contributed by atoms with Crippen LogP contribution in [0.15, 0.2) is 36.1 Å². The lowest BCUT2D eigenvalue weighted by molar-refractivity contribution is 0.277. The first-order valence-corrected chi connectivity index (χ1v) is 6.89. The van der Waals surface area contributed by atoms with Crippen molar-refractivity contribution in [1.29, 1.82) is 0 Å². The van der Waals surface area contributed by atoms with Crippen LogP contribution in [-0.4, -0.2) is 12.1 Å². The number of methoxy groups -OCH3 is 1. The molecule has 1 aromatic heterocycles. The highest BCUT2D eigenvalue weighted by Crippen LogP contribution is 2.30. The summed E-state index contributed by atoms with van der Waals surface area (Å²) in [6.07, 6.45) is 6.24. The topological polar surface area (TPSA) is 22.1 Å². The second-order valence-electron chi connectivity index (χ2n) is 4.44. The van der Waals surface area contributed by atoms with Crippen LogP contribution in [0.4, 0.5) is 0 Å². The molecule has 0 radical (unpaired) electrons. The van der Waals surface area contributed by atoms with E-state index in [0.717, 1.165) is 29.1 Å². The average Bonchev–Trinajstić information content (AvgIpc) is 2.78. The van der Waals surface area contributed by atoms with Crippen LogP contribution in [0.25, 0.3) is 15.8 Å². The van der Waals surface area contributed by atoms with Crippen molar-refractivity contribution in [3.8, 4) is 0 Å². The van der Waals surface area contributed by atoms with Gasteiger partial charge in [0, 0.05) is 6.42 Å². The monoisotopic (exact) mass is 257 g/mol. The molecule has 1 aliphatic rings. The smallest absolute Gasteiger partial charge is 0.0958 e. The molecule has 18 heavy (non-hydrogen) atoms. The third-order valence-corrected chi connectivity index (χ3v) is 4.19. The Kier molecular flexibility index (Phi) is 2.92. The maximum Gasteiger partial charge on any atom is 0.0958 e. The number of rotatable bonds is 2. The van der Waals surface area contributed by atoms with Crippen molar-refractivity contribution in [3.05, 3.63) is 46.7 Å². The minimum atomic E-state index is 0.983. The number of hydrogen-bond donors (Lipinski definition) is 0. The Hall–Kier alpha value is -1.61. The van der Waals surface area contributed by atoms with E-state index in [1.807, 2.05) is 0 Å². The highest BCUT2D eigenvalue weighted by molar-refractivity contribution is 7.18. The molecule has 0 amide bonds. The number of nitrogens with zero attached hydrogens (tertiary/aromatic N) is 1. The van der Waals surface area contributed by atoms with Crippen LogP contribution < -0.4 is 0 Å². The number of thiazole rings is 1. The lowest BCUT2D eigenvalue weighted by atomic mass is 9.96. The summed E-state index contributed by atoms with van der Waals surface area (Å²) in [7, 11) is 1.73. The largest absolute Gasteiger partial charge is 0.501 e. The number of benzene rings is 1. The average molecular weight is 257 g/mol. The molecule has 0 N–H and O–H groups in total. The van der Waals surface area contributed by atoms with Crippen LogP contribution in [0.2, 0.25) is 0 Å². The van der Waals surface area contributed by atoms with E-state index in [9.17, 15) is 0 Å². The van der Waals surface area contributed by atoms with Gasteiger partial charge in [-0.15, -0.1) is 11.3 Å². The van der Waals surface area contributed by atoms with Gasteiger partial charge in [0.2, 0.25) is 0 Å². The fraction of sp³-hybridized carbons (Fsp3) is 0.267. The molecule has 0 saturated carbocycles. The molecule has 0 saturated heterocycles. The van der Waals surface area contributed by atoms with E-state index in [0.29, 0.717) is 0 Å². The molecule has 2 aromatic rings. The van der Waals surface area contributed by atoms with Gasteiger partial charge in [0.25, 0.3) is 0 Å². The van der Waals surface area contributed by atoms with Crippen molar-refractivity contribution in [2.24, 2.45) is 0 Å². The Morgan fingerprint density at radius 2 is 2.11 bits per heavy atom. The van der Waals surface area contributed by atoms with Crippen molar-refractivity contribution < 1.29 is 4.74 Å². The summed E-state index contributed by atoms with van der Waals surface area (Å²) in [5.41, 5.74) is 3.75. The molecule has 2 nitrogen and oxygen atoms in total. The van der Waals surface area contributed by atoms with Crippen LogP contribution >= 0.6 is 11.3 Å². The molecule has 1 aromatic carbocycles. The predicted octanol–water partition coefficient (Wildman–Crippen LogP) is 4.31. The first kappa shape index (κ1) is 11.5. The number of hydrogen-bond acceptors (Lipinski definition) is 3. The SMILES string of the molecule is COC1=CC=C(c2ccc3sc(C)nc3c2)CC1. The van der Waals surface area contributed by atoms with Crippen LogP contribution in [-0.2, 0) is 4.74 Å². The van der Waals surface area contributed by atoms with Gasteiger partial charge in [-0.2, -0.15) is 0 Å². The molecule has 92 valence electrons. The molecular formula is C15H15NOS. The minimum Gasteiger partial charge on any atom is -0.501 e. The second-order valence-corrected chi connectivity index (χ2v) is 5.68. The van der Waals surface area contributed by atoms with Crippen molar-refractivity contribution in [1.82, 2.24) is 4.98 Å². The molecule has 3 heteroatoms. The first-order chi connectivity index (χ1) is 8.76. The summed E-state index contributed by atoms with van der Waals surface area (Å²) < 4.78 is 6.52. The first-order valence-electron chi connectivity index (χ1n) is 6.07. The summed E-state index contributed by atoms with van der Waals surface area (Å²) >= 11 is 1.75. The summed E-state index contributed by atoms with van der Waals surface area (Å²) in [5, 5.41) is 1.13. The van der Waals surface area contributed by atoms with Gasteiger partial charge >= 0.3 is 0 Å². The predicted molar refractivity (Wildman–Crippen MR) is 76.7 cm³/mol. The van der Waals surface area contributed by atoms with E-state index >= 15 is 0 Å². The quantitative estimate of drug-likeness (QED) is 0.799. The normalized spacial score (nSPS) is 15.4. The number of ether oxygens (including phenoxy) is 1. The number of fused-ring (bicyclic) bond motifs is 1. The fourth-order valence-electron chi connectivity index (χ4n) is 2.27. The third kappa shape index (κ3) is 2.06. The molecule has 1 aliphatic carbocycles. The van der Waals surface area contributed by atoms with Crippen LogP contribution in [0.3, 0.4) is 0 Å². The zero-order valence-electron chi connectivity index (χ0n) is 10.6. The Labute approximate surface area is 111 Å². The van der Waals surface area contributed by atoms with Crippen molar-refractivity contribution in [2.75, 3.05) is 7.11 Å². The van der Waals surface area contributed by atoms with Crippen molar-refractivity contribution in [2.45, 2.75) is 19.8 Å². The summed E-state index contributed by atoms with van der Waals surface area (Å²) in [6.45, 7) is 2.05. The van der Waals surface area contributed by atoms with E-state index in [4.69, 9.17) is 4.74 Å².